The monoisotopic (exact) mass is 359 g/mol. The largest absolute Gasteiger partial charge is 0.465 e. The van der Waals surface area contributed by atoms with Gasteiger partial charge in [-0.1, -0.05) is 0 Å². The maximum absolute atomic E-state index is 13.4. The Bertz CT molecular complexity index is 1000. The van der Waals surface area contributed by atoms with Crippen molar-refractivity contribution in [3.8, 4) is 0 Å². The molecule has 3 aromatic rings. The van der Waals surface area contributed by atoms with Crippen molar-refractivity contribution in [2.24, 2.45) is 0 Å². The van der Waals surface area contributed by atoms with Crippen LogP contribution >= 0.6 is 0 Å². The average molecular weight is 359 g/mol. The van der Waals surface area contributed by atoms with Gasteiger partial charge >= 0.3 is 5.97 Å². The Labute approximate surface area is 149 Å². The number of carbonyl (C=O) groups excluding carboxylic acids is 2. The molecule has 1 amide bonds. The minimum Gasteiger partial charge on any atom is -0.465 e. The molecule has 0 aliphatic carbocycles. The van der Waals surface area contributed by atoms with E-state index in [-0.39, 0.29) is 18.2 Å². The highest BCUT2D eigenvalue weighted by atomic mass is 19.1. The normalized spacial score (nSPS) is 11.0. The summed E-state index contributed by atoms with van der Waals surface area (Å²) in [7, 11) is 2.88. The van der Waals surface area contributed by atoms with E-state index in [0.717, 1.165) is 0 Å². The number of rotatable bonds is 4. The maximum atomic E-state index is 13.4. The van der Waals surface area contributed by atoms with E-state index in [0.29, 0.717) is 33.6 Å². The van der Waals surface area contributed by atoms with Crippen LogP contribution in [0, 0.1) is 19.7 Å². The van der Waals surface area contributed by atoms with Gasteiger partial charge in [-0.2, -0.15) is 0 Å². The summed E-state index contributed by atoms with van der Waals surface area (Å²) in [5, 5.41) is 0.559. The lowest BCUT2D eigenvalue weighted by Gasteiger charge is -2.14. The molecule has 7 heteroatoms. The van der Waals surface area contributed by atoms with E-state index < -0.39 is 11.8 Å². The smallest absolute Gasteiger partial charge is 0.341 e. The molecule has 0 saturated carbocycles. The highest BCUT2D eigenvalue weighted by Gasteiger charge is 2.23. The van der Waals surface area contributed by atoms with Crippen molar-refractivity contribution in [1.82, 2.24) is 4.90 Å². The SMILES string of the molecule is COC(=O)c1cc(CN(C)C(=O)c2oc3ccc(F)cc3c2C)oc1C. The lowest BCUT2D eigenvalue weighted by Crippen LogP contribution is -2.26. The molecule has 0 aliphatic rings. The Kier molecular flexibility index (Phi) is 4.54. The summed E-state index contributed by atoms with van der Waals surface area (Å²) in [6, 6.07) is 5.66. The number of nitrogens with zero attached hydrogens (tertiary/aromatic N) is 1. The predicted octanol–water partition coefficient (Wildman–Crippen LogP) is 3.84. The van der Waals surface area contributed by atoms with Crippen molar-refractivity contribution in [2.75, 3.05) is 14.2 Å². The molecule has 0 unspecified atom stereocenters. The second kappa shape index (κ2) is 6.67. The van der Waals surface area contributed by atoms with Gasteiger partial charge in [0.2, 0.25) is 0 Å². The molecule has 6 nitrogen and oxygen atoms in total. The van der Waals surface area contributed by atoms with Crippen molar-refractivity contribution < 1.29 is 27.6 Å². The van der Waals surface area contributed by atoms with Crippen molar-refractivity contribution in [3.63, 3.8) is 0 Å². The molecule has 1 aromatic carbocycles. The summed E-state index contributed by atoms with van der Waals surface area (Å²) >= 11 is 0. The average Bonchev–Trinajstić information content (AvgIpc) is 3.13. The lowest BCUT2D eigenvalue weighted by atomic mass is 10.1. The number of carbonyl (C=O) groups is 2. The molecule has 2 heterocycles. The second-order valence-corrected chi connectivity index (χ2v) is 6.03. The van der Waals surface area contributed by atoms with E-state index in [2.05, 4.69) is 4.74 Å². The quantitative estimate of drug-likeness (QED) is 0.662. The fraction of sp³-hybridized carbons (Fsp3) is 0.263. The summed E-state index contributed by atoms with van der Waals surface area (Å²) < 4.78 is 29.2. The van der Waals surface area contributed by atoms with Gasteiger partial charge in [-0.15, -0.1) is 0 Å². The van der Waals surface area contributed by atoms with Crippen molar-refractivity contribution in [1.29, 1.82) is 0 Å². The van der Waals surface area contributed by atoms with Gasteiger partial charge in [0, 0.05) is 18.0 Å². The summed E-state index contributed by atoms with van der Waals surface area (Å²) in [5.74, 6) is -0.254. The van der Waals surface area contributed by atoms with Gasteiger partial charge in [0.1, 0.15) is 28.5 Å². The minimum atomic E-state index is -0.498. The molecule has 0 N–H and O–H groups in total. The van der Waals surface area contributed by atoms with Crippen molar-refractivity contribution in [2.45, 2.75) is 20.4 Å². The van der Waals surface area contributed by atoms with Crippen LogP contribution in [-0.4, -0.2) is 30.9 Å². The fourth-order valence-electron chi connectivity index (χ4n) is 2.81. The van der Waals surface area contributed by atoms with E-state index in [4.69, 9.17) is 8.83 Å². The topological polar surface area (TPSA) is 72.9 Å². The zero-order valence-corrected chi connectivity index (χ0v) is 14.9. The van der Waals surface area contributed by atoms with Crippen LogP contribution in [0.3, 0.4) is 0 Å². The lowest BCUT2D eigenvalue weighted by molar-refractivity contribution is 0.0598. The third-order valence-corrected chi connectivity index (χ3v) is 4.21. The zero-order valence-electron chi connectivity index (χ0n) is 14.9. The molecular formula is C19H18FNO5. The molecule has 0 fully saturated rings. The maximum Gasteiger partial charge on any atom is 0.341 e. The van der Waals surface area contributed by atoms with Gasteiger partial charge in [0.25, 0.3) is 5.91 Å². The zero-order chi connectivity index (χ0) is 19.0. The van der Waals surface area contributed by atoms with Gasteiger partial charge < -0.3 is 18.5 Å². The first-order chi connectivity index (χ1) is 12.3. The third kappa shape index (κ3) is 3.08. The summed E-state index contributed by atoms with van der Waals surface area (Å²) in [6.45, 7) is 3.50. The first-order valence-electron chi connectivity index (χ1n) is 7.93. The van der Waals surface area contributed by atoms with Crippen molar-refractivity contribution >= 4 is 22.8 Å². The Morgan fingerprint density at radius 2 is 1.92 bits per heavy atom. The number of aryl methyl sites for hydroxylation is 2. The molecule has 0 bridgehead atoms. The van der Waals surface area contributed by atoms with Gasteiger partial charge in [-0.3, -0.25) is 4.79 Å². The number of hydrogen-bond acceptors (Lipinski definition) is 5. The number of benzene rings is 1. The van der Waals surface area contributed by atoms with E-state index in [1.807, 2.05) is 0 Å². The van der Waals surface area contributed by atoms with Crippen LogP contribution in [0.4, 0.5) is 4.39 Å². The van der Waals surface area contributed by atoms with Crippen LogP contribution in [-0.2, 0) is 11.3 Å². The number of hydrogen-bond donors (Lipinski definition) is 0. The number of fused-ring (bicyclic) bond motifs is 1. The summed E-state index contributed by atoms with van der Waals surface area (Å²) in [4.78, 5) is 25.8. The van der Waals surface area contributed by atoms with Gasteiger partial charge in [0.05, 0.1) is 13.7 Å². The fourth-order valence-corrected chi connectivity index (χ4v) is 2.81. The molecule has 2 aromatic heterocycles. The molecule has 26 heavy (non-hydrogen) atoms. The number of amides is 1. The number of furan rings is 2. The highest BCUT2D eigenvalue weighted by Crippen LogP contribution is 2.27. The van der Waals surface area contributed by atoms with Crippen LogP contribution in [0.2, 0.25) is 0 Å². The third-order valence-electron chi connectivity index (χ3n) is 4.21. The van der Waals surface area contributed by atoms with Gasteiger partial charge in [-0.05, 0) is 38.1 Å². The molecule has 0 aliphatic heterocycles. The molecule has 0 spiro atoms. The second-order valence-electron chi connectivity index (χ2n) is 6.03. The highest BCUT2D eigenvalue weighted by molar-refractivity contribution is 5.98. The minimum absolute atomic E-state index is 0.140. The Morgan fingerprint density at radius 1 is 1.19 bits per heavy atom. The van der Waals surface area contributed by atoms with Crippen LogP contribution in [0.25, 0.3) is 11.0 Å². The summed E-state index contributed by atoms with van der Waals surface area (Å²) in [5.41, 5.74) is 1.34. The Hall–Kier alpha value is -3.09. The van der Waals surface area contributed by atoms with Crippen molar-refractivity contribution in [3.05, 3.63) is 58.5 Å². The van der Waals surface area contributed by atoms with E-state index >= 15 is 0 Å². The molecule has 0 radical (unpaired) electrons. The van der Waals surface area contributed by atoms with Crippen LogP contribution in [0.15, 0.2) is 33.1 Å². The summed E-state index contributed by atoms with van der Waals surface area (Å²) in [6.07, 6.45) is 0. The molecule has 3 rings (SSSR count). The molecule has 0 saturated heterocycles. The van der Waals surface area contributed by atoms with Crippen LogP contribution in [0.1, 0.15) is 38.0 Å². The molecule has 0 atom stereocenters. The Morgan fingerprint density at radius 3 is 2.62 bits per heavy atom. The first kappa shape index (κ1) is 17.7. The van der Waals surface area contributed by atoms with Crippen LogP contribution < -0.4 is 0 Å². The number of ether oxygens (including phenoxy) is 1. The van der Waals surface area contributed by atoms with E-state index in [9.17, 15) is 14.0 Å². The van der Waals surface area contributed by atoms with E-state index in [1.54, 1.807) is 27.0 Å². The number of methoxy groups -OCH3 is 1. The molecular weight excluding hydrogens is 341 g/mol. The molecule has 136 valence electrons. The van der Waals surface area contributed by atoms with Crippen LogP contribution in [0.5, 0.6) is 0 Å². The number of esters is 1. The first-order valence-corrected chi connectivity index (χ1v) is 7.93. The standard InChI is InChI=1S/C19H18FNO5/c1-10-14-7-12(20)5-6-16(14)26-17(10)18(22)21(3)9-13-8-15(11(2)25-13)19(23)24-4/h5-8H,9H2,1-4H3. The predicted molar refractivity (Wildman–Crippen MR) is 91.5 cm³/mol. The number of halogens is 1. The van der Waals surface area contributed by atoms with Gasteiger partial charge in [-0.25, -0.2) is 9.18 Å². The van der Waals surface area contributed by atoms with Gasteiger partial charge in [0.15, 0.2) is 5.76 Å². The Balaban J connectivity index is 1.84. The van der Waals surface area contributed by atoms with E-state index in [1.165, 1.54) is 30.2 Å².